The zero-order valence-electron chi connectivity index (χ0n) is 12.2. The Morgan fingerprint density at radius 1 is 1.47 bits per heavy atom. The molecule has 2 N–H and O–H groups in total. The van der Waals surface area contributed by atoms with E-state index < -0.39 is 0 Å². The normalized spacial score (nSPS) is 19.6. The first-order chi connectivity index (χ1) is 9.21. The fraction of sp³-hybridized carbons (Fsp3) is 0.846. The minimum atomic E-state index is 0.226. The summed E-state index contributed by atoms with van der Waals surface area (Å²) in [7, 11) is 1.75. The smallest absolute Gasteiger partial charge is 0.222 e. The largest absolute Gasteiger partial charge is 0.380 e. The van der Waals surface area contributed by atoms with E-state index in [2.05, 4.69) is 15.6 Å². The van der Waals surface area contributed by atoms with Gasteiger partial charge in [0.05, 0.1) is 6.61 Å². The van der Waals surface area contributed by atoms with Crippen LogP contribution >= 0.6 is 0 Å². The lowest BCUT2D eigenvalue weighted by Gasteiger charge is -2.18. The molecule has 1 saturated heterocycles. The van der Waals surface area contributed by atoms with Crippen LogP contribution in [0, 0.1) is 0 Å². The van der Waals surface area contributed by atoms with Gasteiger partial charge >= 0.3 is 0 Å². The molecule has 1 unspecified atom stereocenters. The monoisotopic (exact) mass is 270 g/mol. The zero-order valence-corrected chi connectivity index (χ0v) is 12.2. The number of hydrogen-bond acceptors (Lipinski definition) is 3. The van der Waals surface area contributed by atoms with E-state index in [0.717, 1.165) is 38.6 Å². The zero-order chi connectivity index (χ0) is 14.1. The Morgan fingerprint density at radius 2 is 2.26 bits per heavy atom. The number of nitrogens with one attached hydrogen (secondary N) is 2. The van der Waals surface area contributed by atoms with Crippen molar-refractivity contribution < 1.29 is 9.53 Å². The van der Waals surface area contributed by atoms with Crippen LogP contribution in [-0.2, 0) is 9.53 Å². The molecule has 110 valence electrons. The summed E-state index contributed by atoms with van der Waals surface area (Å²) in [5.41, 5.74) is 0. The maximum Gasteiger partial charge on any atom is 0.222 e. The highest BCUT2D eigenvalue weighted by Crippen LogP contribution is 2.10. The Morgan fingerprint density at radius 3 is 2.89 bits per heavy atom. The third-order valence-electron chi connectivity index (χ3n) is 3.15. The predicted molar refractivity (Wildman–Crippen MR) is 76.3 cm³/mol. The van der Waals surface area contributed by atoms with Crippen molar-refractivity contribution in [2.24, 2.45) is 4.99 Å². The van der Waals surface area contributed by atoms with E-state index in [1.54, 1.807) is 7.05 Å². The topological polar surface area (TPSA) is 66.0 Å². The minimum absolute atomic E-state index is 0.226. The van der Waals surface area contributed by atoms with E-state index in [1.165, 1.54) is 0 Å². The van der Waals surface area contributed by atoms with Crippen molar-refractivity contribution in [1.82, 2.24) is 15.5 Å². The molecule has 1 aliphatic rings. The van der Waals surface area contributed by atoms with Crippen molar-refractivity contribution in [3.05, 3.63) is 0 Å². The molecule has 1 fully saturated rings. The summed E-state index contributed by atoms with van der Waals surface area (Å²) in [5.74, 6) is 0.999. The van der Waals surface area contributed by atoms with E-state index in [4.69, 9.17) is 4.74 Å². The highest BCUT2D eigenvalue weighted by molar-refractivity contribution is 5.80. The van der Waals surface area contributed by atoms with Crippen molar-refractivity contribution in [2.45, 2.75) is 32.7 Å². The van der Waals surface area contributed by atoms with E-state index >= 15 is 0 Å². The number of hydrogen-bond donors (Lipinski definition) is 2. The Hall–Kier alpha value is -1.30. The van der Waals surface area contributed by atoms with Gasteiger partial charge in [-0.3, -0.25) is 9.79 Å². The number of nitrogens with zero attached hydrogens (tertiary/aromatic N) is 2. The van der Waals surface area contributed by atoms with Crippen LogP contribution in [0.25, 0.3) is 0 Å². The van der Waals surface area contributed by atoms with Gasteiger partial charge in [0.15, 0.2) is 5.96 Å². The Labute approximate surface area is 115 Å². The molecule has 6 nitrogen and oxygen atoms in total. The number of likely N-dealkylation sites (tertiary alicyclic amines) is 1. The molecule has 1 aliphatic heterocycles. The van der Waals surface area contributed by atoms with Gasteiger partial charge < -0.3 is 20.3 Å². The third kappa shape index (κ3) is 5.46. The minimum Gasteiger partial charge on any atom is -0.380 e. The summed E-state index contributed by atoms with van der Waals surface area (Å²) in [6, 6.07) is 0.286. The number of guanidine groups is 1. The Kier molecular flexibility index (Phi) is 7.25. The second kappa shape index (κ2) is 8.74. The number of aliphatic imine (C=N–C) groups is 1. The third-order valence-corrected chi connectivity index (χ3v) is 3.15. The fourth-order valence-electron chi connectivity index (χ4n) is 2.10. The van der Waals surface area contributed by atoms with Gasteiger partial charge in [0.2, 0.25) is 5.91 Å². The average molecular weight is 270 g/mol. The van der Waals surface area contributed by atoms with Gasteiger partial charge in [0.1, 0.15) is 0 Å². The van der Waals surface area contributed by atoms with Gasteiger partial charge in [0, 0.05) is 45.8 Å². The Balaban J connectivity index is 2.27. The molecular formula is C13H26N4O2. The van der Waals surface area contributed by atoms with Crippen LogP contribution in [0.5, 0.6) is 0 Å². The molecule has 0 radical (unpaired) electrons. The van der Waals surface area contributed by atoms with E-state index in [-0.39, 0.29) is 11.9 Å². The molecule has 1 amide bonds. The van der Waals surface area contributed by atoms with Gasteiger partial charge in [-0.2, -0.15) is 0 Å². The van der Waals surface area contributed by atoms with Crippen LogP contribution in [-0.4, -0.2) is 62.7 Å². The molecule has 1 atom stereocenters. The Bertz CT molecular complexity index is 307. The second-order valence-corrected chi connectivity index (χ2v) is 4.52. The molecule has 19 heavy (non-hydrogen) atoms. The van der Waals surface area contributed by atoms with Crippen LogP contribution < -0.4 is 10.6 Å². The summed E-state index contributed by atoms with van der Waals surface area (Å²) in [4.78, 5) is 17.7. The number of carbonyl (C=O) groups excluding carboxylic acids is 1. The van der Waals surface area contributed by atoms with Gasteiger partial charge in [0.25, 0.3) is 0 Å². The lowest BCUT2D eigenvalue weighted by Crippen LogP contribution is -2.45. The van der Waals surface area contributed by atoms with E-state index in [0.29, 0.717) is 13.0 Å². The molecule has 0 aromatic heterocycles. The number of rotatable bonds is 6. The lowest BCUT2D eigenvalue weighted by atomic mass is 10.3. The maximum absolute atomic E-state index is 11.6. The summed E-state index contributed by atoms with van der Waals surface area (Å²) >= 11 is 0. The fourth-order valence-corrected chi connectivity index (χ4v) is 2.10. The number of amides is 1. The van der Waals surface area contributed by atoms with Gasteiger partial charge in [-0.25, -0.2) is 0 Å². The van der Waals surface area contributed by atoms with Crippen LogP contribution in [0.4, 0.5) is 0 Å². The van der Waals surface area contributed by atoms with Crippen LogP contribution in [0.15, 0.2) is 4.99 Å². The molecule has 0 spiro atoms. The van der Waals surface area contributed by atoms with Gasteiger partial charge in [-0.15, -0.1) is 0 Å². The molecule has 1 heterocycles. The van der Waals surface area contributed by atoms with Crippen molar-refractivity contribution in [3.63, 3.8) is 0 Å². The van der Waals surface area contributed by atoms with Crippen molar-refractivity contribution >= 4 is 11.9 Å². The van der Waals surface area contributed by atoms with Gasteiger partial charge in [-0.05, 0) is 13.3 Å². The molecule has 0 aromatic rings. The highest BCUT2D eigenvalue weighted by atomic mass is 16.5. The van der Waals surface area contributed by atoms with E-state index in [9.17, 15) is 4.79 Å². The lowest BCUT2D eigenvalue weighted by molar-refractivity contribution is -0.129. The quantitative estimate of drug-likeness (QED) is 0.411. The average Bonchev–Trinajstić information content (AvgIpc) is 2.89. The first-order valence-corrected chi connectivity index (χ1v) is 7.03. The number of carbonyl (C=O) groups is 1. The summed E-state index contributed by atoms with van der Waals surface area (Å²) in [5, 5.41) is 6.54. The molecule has 0 saturated carbocycles. The molecule has 1 rings (SSSR count). The standard InChI is InChI=1S/C13H26N4O2/c1-4-12(18)17-8-6-11(10-17)16-13(14-3)15-7-9-19-5-2/h11H,4-10H2,1-3H3,(H2,14,15,16). The maximum atomic E-state index is 11.6. The predicted octanol–water partition coefficient (Wildman–Crippen LogP) is 0.199. The molecule has 0 aliphatic carbocycles. The molecule has 6 heteroatoms. The summed E-state index contributed by atoms with van der Waals surface area (Å²) < 4.78 is 5.26. The van der Waals surface area contributed by atoms with Crippen LogP contribution in [0.2, 0.25) is 0 Å². The van der Waals surface area contributed by atoms with Crippen molar-refractivity contribution in [2.75, 3.05) is 39.9 Å². The molecule has 0 aromatic carbocycles. The SMILES string of the molecule is CCOCCNC(=NC)NC1CCN(C(=O)CC)C1. The summed E-state index contributed by atoms with van der Waals surface area (Å²) in [6.07, 6.45) is 1.55. The molecular weight excluding hydrogens is 244 g/mol. The van der Waals surface area contributed by atoms with Crippen LogP contribution in [0.1, 0.15) is 26.7 Å². The number of ether oxygens (including phenoxy) is 1. The first-order valence-electron chi connectivity index (χ1n) is 7.03. The second-order valence-electron chi connectivity index (χ2n) is 4.52. The van der Waals surface area contributed by atoms with Crippen molar-refractivity contribution in [1.29, 1.82) is 0 Å². The highest BCUT2D eigenvalue weighted by Gasteiger charge is 2.25. The molecule has 0 bridgehead atoms. The summed E-state index contributed by atoms with van der Waals surface area (Å²) in [6.45, 7) is 7.60. The van der Waals surface area contributed by atoms with Gasteiger partial charge in [-0.1, -0.05) is 6.92 Å². The first kappa shape index (κ1) is 15.8. The van der Waals surface area contributed by atoms with Crippen LogP contribution in [0.3, 0.4) is 0 Å². The van der Waals surface area contributed by atoms with Crippen molar-refractivity contribution in [3.8, 4) is 0 Å². The van der Waals surface area contributed by atoms with E-state index in [1.807, 2.05) is 18.7 Å².